The molecule has 0 saturated carbocycles. The van der Waals surface area contributed by atoms with Crippen LogP contribution in [0.2, 0.25) is 0 Å². The summed E-state index contributed by atoms with van der Waals surface area (Å²) in [7, 11) is 4.63. The Balaban J connectivity index is 1.61. The Labute approximate surface area is 312 Å². The van der Waals surface area contributed by atoms with Crippen molar-refractivity contribution < 1.29 is 46.1 Å². The van der Waals surface area contributed by atoms with Crippen molar-refractivity contribution in [3.63, 3.8) is 0 Å². The van der Waals surface area contributed by atoms with Gasteiger partial charge in [0.15, 0.2) is 0 Å². The number of rotatable bonds is 15. The molecule has 12 heteroatoms. The summed E-state index contributed by atoms with van der Waals surface area (Å²) in [6, 6.07) is 4.00. The molecule has 1 aromatic carbocycles. The van der Waals surface area contributed by atoms with Gasteiger partial charge in [0.1, 0.15) is 34.9 Å². The van der Waals surface area contributed by atoms with Crippen LogP contribution in [0.3, 0.4) is 0 Å². The molecule has 0 bridgehead atoms. The summed E-state index contributed by atoms with van der Waals surface area (Å²) in [6.07, 6.45) is 11.6. The van der Waals surface area contributed by atoms with E-state index in [1.165, 1.54) is 0 Å². The largest absolute Gasteiger partial charge is 0.497 e. The molecule has 284 valence electrons. The third-order valence-electron chi connectivity index (χ3n) is 9.68. The van der Waals surface area contributed by atoms with Crippen LogP contribution in [0.5, 0.6) is 11.5 Å². The first-order valence-electron chi connectivity index (χ1n) is 17.6. The van der Waals surface area contributed by atoms with Crippen LogP contribution in [0.25, 0.3) is 0 Å². The standard InChI is InChI=1S/C40H54O10P2/c1-13-14-28-18-31(43-10)20-34(38(28)49-51(45-12)46-23-24(2)3)33-19-29(41-8)15-25(4)36(33)47-52-48-37-26(5)16-30(42-9)21-35(37)40(7)22-32(44-11)17-27(6)39(40)50-52/h15,17-22,30,33,36,39H,2,13-14,16,23H2,1,3-12H3. The molecule has 1 aromatic rings. The molecule has 7 unspecified atom stereocenters. The van der Waals surface area contributed by atoms with Crippen LogP contribution in [-0.4, -0.2) is 60.5 Å². The molecule has 0 aromatic heterocycles. The molecular formula is C40H54O10P2. The fourth-order valence-corrected chi connectivity index (χ4v) is 9.59. The summed E-state index contributed by atoms with van der Waals surface area (Å²) in [5, 5.41) is 0. The fraction of sp³-hybridized carbons (Fsp3) is 0.500. The van der Waals surface area contributed by atoms with Gasteiger partial charge >= 0.3 is 17.2 Å². The van der Waals surface area contributed by atoms with Crippen molar-refractivity contribution in [2.24, 2.45) is 5.41 Å². The van der Waals surface area contributed by atoms with Crippen molar-refractivity contribution in [3.05, 3.63) is 105 Å². The van der Waals surface area contributed by atoms with Crippen LogP contribution in [0.4, 0.5) is 0 Å². The Morgan fingerprint density at radius 2 is 1.73 bits per heavy atom. The van der Waals surface area contributed by atoms with E-state index in [4.69, 9.17) is 46.1 Å². The van der Waals surface area contributed by atoms with E-state index in [2.05, 4.69) is 52.5 Å². The SMILES string of the molecule is C=C(C)COP(OC)Oc1c(CCC)cc(OC)cc1C1C=C(OC)C=C(C)C1OP1OC2=C(C)CC(OC)C=C2C2(C)C=C(OC)C=C(C)C2O1. The van der Waals surface area contributed by atoms with Crippen LogP contribution >= 0.6 is 17.2 Å². The fourth-order valence-electron chi connectivity index (χ4n) is 7.08. The van der Waals surface area contributed by atoms with Gasteiger partial charge in [0, 0.05) is 43.1 Å². The van der Waals surface area contributed by atoms with E-state index in [1.807, 2.05) is 38.1 Å². The molecular weight excluding hydrogens is 702 g/mol. The van der Waals surface area contributed by atoms with Gasteiger partial charge in [-0.25, -0.2) is 0 Å². The summed E-state index contributed by atoms with van der Waals surface area (Å²) in [5.41, 5.74) is 6.06. The predicted octanol–water partition coefficient (Wildman–Crippen LogP) is 10.2. The first-order valence-corrected chi connectivity index (χ1v) is 19.7. The van der Waals surface area contributed by atoms with Crippen molar-refractivity contribution in [2.75, 3.05) is 42.2 Å². The van der Waals surface area contributed by atoms with Crippen LogP contribution in [0.15, 0.2) is 94.2 Å². The second-order valence-electron chi connectivity index (χ2n) is 13.8. The smallest absolute Gasteiger partial charge is 0.398 e. The molecule has 0 N–H and O–H groups in total. The average Bonchev–Trinajstić information content (AvgIpc) is 3.25. The number of allylic oxidation sites excluding steroid dienone is 3. The number of hydrogen-bond acceptors (Lipinski definition) is 10. The van der Waals surface area contributed by atoms with Crippen LogP contribution in [0.1, 0.15) is 71.4 Å². The molecule has 0 radical (unpaired) electrons. The molecule has 5 rings (SSSR count). The zero-order chi connectivity index (χ0) is 37.7. The van der Waals surface area contributed by atoms with Crippen LogP contribution in [0, 0.1) is 5.41 Å². The summed E-state index contributed by atoms with van der Waals surface area (Å²) in [6.45, 7) is 16.6. The highest BCUT2D eigenvalue weighted by Crippen LogP contribution is 2.61. The summed E-state index contributed by atoms with van der Waals surface area (Å²) in [4.78, 5) is 0. The Morgan fingerprint density at radius 3 is 2.37 bits per heavy atom. The monoisotopic (exact) mass is 756 g/mol. The third-order valence-corrected chi connectivity index (χ3v) is 11.8. The normalized spacial score (nSPS) is 27.7. The van der Waals surface area contributed by atoms with E-state index < -0.39 is 34.6 Å². The first-order chi connectivity index (χ1) is 24.9. The maximum atomic E-state index is 7.08. The highest BCUT2D eigenvalue weighted by Gasteiger charge is 2.50. The lowest BCUT2D eigenvalue weighted by atomic mass is 9.69. The van der Waals surface area contributed by atoms with Gasteiger partial charge in [-0.15, -0.1) is 0 Å². The van der Waals surface area contributed by atoms with Crippen molar-refractivity contribution in [2.45, 2.75) is 85.0 Å². The lowest BCUT2D eigenvalue weighted by Gasteiger charge is -2.39. The Morgan fingerprint density at radius 1 is 1.00 bits per heavy atom. The highest BCUT2D eigenvalue weighted by atomic mass is 31.2. The molecule has 4 aliphatic rings. The molecule has 52 heavy (non-hydrogen) atoms. The predicted molar refractivity (Wildman–Crippen MR) is 205 cm³/mol. The zero-order valence-corrected chi connectivity index (χ0v) is 34.2. The quantitative estimate of drug-likeness (QED) is 0.127. The van der Waals surface area contributed by atoms with E-state index in [0.717, 1.165) is 63.4 Å². The number of benzene rings is 1. The second-order valence-corrected chi connectivity index (χ2v) is 16.1. The van der Waals surface area contributed by atoms with Crippen molar-refractivity contribution in [3.8, 4) is 11.5 Å². The Kier molecular flexibility index (Phi) is 13.5. The molecule has 7 atom stereocenters. The minimum Gasteiger partial charge on any atom is -0.497 e. The van der Waals surface area contributed by atoms with Gasteiger partial charge in [-0.2, -0.15) is 0 Å². The van der Waals surface area contributed by atoms with Gasteiger partial charge in [-0.3, -0.25) is 13.6 Å². The summed E-state index contributed by atoms with van der Waals surface area (Å²) >= 11 is 0. The Bertz CT molecular complexity index is 1690. The molecule has 1 aliphatic heterocycles. The number of aryl methyl sites for hydroxylation is 1. The number of methoxy groups -OCH3 is 4. The minimum atomic E-state index is -1.95. The number of fused-ring (bicyclic) bond motifs is 3. The zero-order valence-electron chi connectivity index (χ0n) is 32.4. The van der Waals surface area contributed by atoms with E-state index in [-0.39, 0.29) is 12.2 Å². The topological polar surface area (TPSA) is 92.3 Å². The molecule has 0 spiro atoms. The minimum absolute atomic E-state index is 0.0954. The summed E-state index contributed by atoms with van der Waals surface area (Å²) < 4.78 is 62.5. The van der Waals surface area contributed by atoms with Gasteiger partial charge in [0.25, 0.3) is 0 Å². The van der Waals surface area contributed by atoms with Crippen molar-refractivity contribution in [1.29, 1.82) is 0 Å². The molecule has 1 saturated heterocycles. The van der Waals surface area contributed by atoms with Gasteiger partial charge < -0.3 is 32.5 Å². The van der Waals surface area contributed by atoms with Gasteiger partial charge in [-0.05, 0) is 106 Å². The van der Waals surface area contributed by atoms with E-state index in [9.17, 15) is 0 Å². The van der Waals surface area contributed by atoms with Gasteiger partial charge in [0.2, 0.25) is 0 Å². The first kappa shape index (κ1) is 40.2. The second kappa shape index (κ2) is 17.5. The van der Waals surface area contributed by atoms with Crippen LogP contribution < -0.4 is 9.26 Å². The molecule has 10 nitrogen and oxygen atoms in total. The highest BCUT2D eigenvalue weighted by molar-refractivity contribution is 7.42. The van der Waals surface area contributed by atoms with Crippen LogP contribution in [-0.2, 0) is 43.3 Å². The van der Waals surface area contributed by atoms with E-state index in [0.29, 0.717) is 30.3 Å². The number of hydrogen-bond donors (Lipinski definition) is 0. The number of ether oxygens (including phenoxy) is 4. The van der Waals surface area contributed by atoms with Crippen molar-refractivity contribution >= 4 is 17.2 Å². The van der Waals surface area contributed by atoms with E-state index >= 15 is 0 Å². The molecule has 1 heterocycles. The maximum Gasteiger partial charge on any atom is 0.398 e. The third kappa shape index (κ3) is 8.55. The Hall–Kier alpha value is -2.94. The summed E-state index contributed by atoms with van der Waals surface area (Å²) in [5.74, 6) is 3.20. The average molecular weight is 757 g/mol. The molecule has 0 amide bonds. The molecule has 3 aliphatic carbocycles. The van der Waals surface area contributed by atoms with Gasteiger partial charge in [-0.1, -0.05) is 25.5 Å². The lowest BCUT2D eigenvalue weighted by Crippen LogP contribution is -2.38. The maximum absolute atomic E-state index is 7.08. The van der Waals surface area contributed by atoms with Crippen molar-refractivity contribution in [1.82, 2.24) is 0 Å². The van der Waals surface area contributed by atoms with Gasteiger partial charge in [0.05, 0.1) is 40.1 Å². The van der Waals surface area contributed by atoms with E-state index in [1.54, 1.807) is 35.5 Å². The molecule has 1 fully saturated rings. The lowest BCUT2D eigenvalue weighted by molar-refractivity contribution is 0.0986.